The number of carboxylic acids is 1. The number of hydrogen-bond acceptors (Lipinski definition) is 7. The summed E-state index contributed by atoms with van der Waals surface area (Å²) in [5.41, 5.74) is 0.833. The van der Waals surface area contributed by atoms with Crippen LogP contribution in [0.1, 0.15) is 18.9 Å². The molecule has 44 heavy (non-hydrogen) atoms. The monoisotopic (exact) mass is 615 g/mol. The Labute approximate surface area is 262 Å². The van der Waals surface area contributed by atoms with Gasteiger partial charge in [0, 0.05) is 24.5 Å². The van der Waals surface area contributed by atoms with Crippen molar-refractivity contribution in [3.63, 3.8) is 0 Å². The number of benzene rings is 4. The minimum atomic E-state index is -0.988. The molecule has 1 atom stereocenters. The van der Waals surface area contributed by atoms with Crippen LogP contribution < -0.4 is 14.2 Å². The second-order valence-corrected chi connectivity index (χ2v) is 10.9. The third kappa shape index (κ3) is 11.0. The predicted octanol–water partition coefficient (Wildman–Crippen LogP) is 7.57. The lowest BCUT2D eigenvalue weighted by molar-refractivity contribution is -0.149. The Morgan fingerprint density at radius 2 is 1.39 bits per heavy atom. The van der Waals surface area contributed by atoms with Crippen molar-refractivity contribution in [2.45, 2.75) is 30.8 Å². The molecule has 0 aliphatic carbocycles. The van der Waals surface area contributed by atoms with E-state index in [2.05, 4.69) is 12.1 Å². The number of rotatable bonds is 17. The highest BCUT2D eigenvalue weighted by atomic mass is 32.2. The van der Waals surface area contributed by atoms with Gasteiger partial charge in [-0.2, -0.15) is 0 Å². The van der Waals surface area contributed by atoms with Gasteiger partial charge in [0.2, 0.25) is 0 Å². The topological polar surface area (TPSA) is 94.5 Å². The summed E-state index contributed by atoms with van der Waals surface area (Å²) in [5.74, 6) is 2.27. The highest BCUT2D eigenvalue weighted by Crippen LogP contribution is 2.24. The molecule has 1 N–H and O–H groups in total. The molecule has 0 saturated heterocycles. The number of aliphatic carboxylic acids is 1. The largest absolute Gasteiger partial charge is 0.492 e. The molecule has 1 amide bonds. The van der Waals surface area contributed by atoms with Crippen molar-refractivity contribution in [2.75, 3.05) is 32.1 Å². The molecule has 230 valence electrons. The number of carboxylic acid groups (broad SMARTS) is 1. The maximum atomic E-state index is 13.2. The van der Waals surface area contributed by atoms with Gasteiger partial charge in [-0.1, -0.05) is 48.5 Å². The first-order valence-corrected chi connectivity index (χ1v) is 15.5. The minimum absolute atomic E-state index is 0.265. The van der Waals surface area contributed by atoms with Crippen LogP contribution in [0.5, 0.6) is 23.0 Å². The molecule has 0 heterocycles. The van der Waals surface area contributed by atoms with Gasteiger partial charge in [-0.25, -0.2) is 9.59 Å². The second-order valence-electron chi connectivity index (χ2n) is 9.74. The molecule has 4 aromatic carbocycles. The molecule has 8 nitrogen and oxygen atoms in total. The Bertz CT molecular complexity index is 1420. The maximum absolute atomic E-state index is 13.2. The van der Waals surface area contributed by atoms with Crippen LogP contribution in [0.25, 0.3) is 0 Å². The third-order valence-corrected chi connectivity index (χ3v) is 7.57. The highest BCUT2D eigenvalue weighted by molar-refractivity contribution is 7.99. The first-order valence-electron chi connectivity index (χ1n) is 14.5. The Morgan fingerprint density at radius 3 is 2.05 bits per heavy atom. The van der Waals surface area contributed by atoms with Gasteiger partial charge in [-0.3, -0.25) is 0 Å². The van der Waals surface area contributed by atoms with E-state index in [0.717, 1.165) is 23.5 Å². The van der Waals surface area contributed by atoms with Crippen molar-refractivity contribution < 1.29 is 33.6 Å². The van der Waals surface area contributed by atoms with Crippen molar-refractivity contribution in [1.29, 1.82) is 0 Å². The molecule has 0 aromatic heterocycles. The third-order valence-electron chi connectivity index (χ3n) is 6.47. The molecule has 0 spiro atoms. The molecule has 9 heteroatoms. The van der Waals surface area contributed by atoms with Crippen molar-refractivity contribution in [2.24, 2.45) is 0 Å². The number of thioether (sulfide) groups is 1. The summed E-state index contributed by atoms with van der Waals surface area (Å²) in [5, 5.41) is 9.33. The van der Waals surface area contributed by atoms with Gasteiger partial charge in [0.05, 0.1) is 6.54 Å². The number of hydrogen-bond donors (Lipinski definition) is 1. The maximum Gasteiger partial charge on any atom is 0.415 e. The lowest BCUT2D eigenvalue weighted by Gasteiger charge is -2.22. The molecule has 0 aliphatic rings. The summed E-state index contributed by atoms with van der Waals surface area (Å²) in [7, 11) is 0. The van der Waals surface area contributed by atoms with E-state index in [1.807, 2.05) is 60.7 Å². The van der Waals surface area contributed by atoms with E-state index in [4.69, 9.17) is 18.9 Å². The van der Waals surface area contributed by atoms with E-state index < -0.39 is 18.2 Å². The average Bonchev–Trinajstić information content (AvgIpc) is 3.04. The van der Waals surface area contributed by atoms with Gasteiger partial charge < -0.3 is 29.0 Å². The first-order chi connectivity index (χ1) is 21.5. The van der Waals surface area contributed by atoms with E-state index >= 15 is 0 Å². The van der Waals surface area contributed by atoms with Crippen molar-refractivity contribution in [1.82, 2.24) is 4.90 Å². The van der Waals surface area contributed by atoms with E-state index in [1.54, 1.807) is 60.0 Å². The van der Waals surface area contributed by atoms with Crippen molar-refractivity contribution in [3.05, 3.63) is 115 Å². The minimum Gasteiger partial charge on any atom is -0.492 e. The standard InChI is InChI=1S/C35H37NO7S/c1-2-40-33(34(37)38)26-27-14-16-28(17-15-27)41-24-23-36(22-9-25-44-32-12-7-4-8-13-32)35(39)43-31-20-18-30(19-21-31)42-29-10-5-3-6-11-29/h3-8,10-21,33H,2,9,22-26H2,1H3,(H,37,38). The quantitative estimate of drug-likeness (QED) is 0.0960. The summed E-state index contributed by atoms with van der Waals surface area (Å²) in [4.78, 5) is 27.4. The number of para-hydroxylation sites is 1. The van der Waals surface area contributed by atoms with Gasteiger partial charge in [0.15, 0.2) is 6.10 Å². The molecule has 0 bridgehead atoms. The molecule has 0 saturated carbocycles. The fourth-order valence-corrected chi connectivity index (χ4v) is 5.11. The van der Waals surface area contributed by atoms with Gasteiger partial charge >= 0.3 is 12.1 Å². The lowest BCUT2D eigenvalue weighted by Crippen LogP contribution is -2.37. The average molecular weight is 616 g/mol. The fraction of sp³-hybridized carbons (Fsp3) is 0.257. The van der Waals surface area contributed by atoms with Crippen LogP contribution in [-0.4, -0.2) is 60.2 Å². The van der Waals surface area contributed by atoms with E-state index in [1.165, 1.54) is 4.90 Å². The molecule has 0 aliphatic heterocycles. The Balaban J connectivity index is 1.31. The zero-order valence-corrected chi connectivity index (χ0v) is 25.5. The summed E-state index contributed by atoms with van der Waals surface area (Å²) in [6, 6.07) is 33.8. The van der Waals surface area contributed by atoms with Crippen LogP contribution in [0.4, 0.5) is 4.79 Å². The molecule has 4 rings (SSSR count). The van der Waals surface area contributed by atoms with Gasteiger partial charge in [-0.05, 0) is 85.3 Å². The summed E-state index contributed by atoms with van der Waals surface area (Å²) in [6.45, 7) is 3.20. The lowest BCUT2D eigenvalue weighted by atomic mass is 10.1. The van der Waals surface area contributed by atoms with E-state index in [-0.39, 0.29) is 13.0 Å². The normalized spacial score (nSPS) is 11.4. The van der Waals surface area contributed by atoms with Crippen LogP contribution in [0.2, 0.25) is 0 Å². The van der Waals surface area contributed by atoms with Gasteiger partial charge in [0.1, 0.15) is 29.6 Å². The zero-order valence-electron chi connectivity index (χ0n) is 24.7. The SMILES string of the molecule is CCOC(Cc1ccc(OCCN(CCCSc2ccccc2)C(=O)Oc2ccc(Oc3ccccc3)cc2)cc1)C(=O)O. The number of carbonyl (C=O) groups excluding carboxylic acids is 1. The van der Waals surface area contributed by atoms with Crippen molar-refractivity contribution >= 4 is 23.8 Å². The Hall–Kier alpha value is -4.47. The molecule has 4 aromatic rings. The summed E-state index contributed by atoms with van der Waals surface area (Å²) < 4.78 is 22.8. The Kier molecular flexibility index (Phi) is 13.0. The Morgan fingerprint density at radius 1 is 0.773 bits per heavy atom. The zero-order chi connectivity index (χ0) is 31.0. The molecular formula is C35H37NO7S. The summed E-state index contributed by atoms with van der Waals surface area (Å²) >= 11 is 1.74. The smallest absolute Gasteiger partial charge is 0.415 e. The van der Waals surface area contributed by atoms with Gasteiger partial charge in [-0.15, -0.1) is 11.8 Å². The number of nitrogens with zero attached hydrogens (tertiary/aromatic N) is 1. The molecule has 0 fully saturated rings. The van der Waals surface area contributed by atoms with Crippen LogP contribution in [0.15, 0.2) is 114 Å². The van der Waals surface area contributed by atoms with E-state index in [0.29, 0.717) is 36.9 Å². The van der Waals surface area contributed by atoms with Crippen LogP contribution in [0.3, 0.4) is 0 Å². The first kappa shape index (κ1) is 32.4. The van der Waals surface area contributed by atoms with Crippen LogP contribution in [0, 0.1) is 0 Å². The van der Waals surface area contributed by atoms with Crippen LogP contribution in [-0.2, 0) is 16.0 Å². The molecule has 1 unspecified atom stereocenters. The molecule has 0 radical (unpaired) electrons. The van der Waals surface area contributed by atoms with Crippen molar-refractivity contribution in [3.8, 4) is 23.0 Å². The molecular weight excluding hydrogens is 578 g/mol. The predicted molar refractivity (Wildman–Crippen MR) is 171 cm³/mol. The number of carbonyl (C=O) groups is 2. The van der Waals surface area contributed by atoms with Crippen LogP contribution >= 0.6 is 11.8 Å². The summed E-state index contributed by atoms with van der Waals surface area (Å²) in [6.07, 6.45) is -0.304. The number of amides is 1. The van der Waals surface area contributed by atoms with E-state index in [9.17, 15) is 14.7 Å². The fourth-order valence-electron chi connectivity index (χ4n) is 4.25. The number of ether oxygens (including phenoxy) is 4. The van der Waals surface area contributed by atoms with Gasteiger partial charge in [0.25, 0.3) is 0 Å². The highest BCUT2D eigenvalue weighted by Gasteiger charge is 2.19. The second kappa shape index (κ2) is 17.6.